The van der Waals surface area contributed by atoms with Gasteiger partial charge in [0.1, 0.15) is 12.4 Å². The van der Waals surface area contributed by atoms with Crippen LogP contribution in [0.1, 0.15) is 18.4 Å². The van der Waals surface area contributed by atoms with Crippen LogP contribution in [0.4, 0.5) is 0 Å². The zero-order chi connectivity index (χ0) is 10.7. The number of nitrogens with one attached hydrogen (secondary N) is 1. The topological polar surface area (TPSA) is 21.3 Å². The fraction of sp³-hybridized carbons (Fsp3) is 0.500. The monoisotopic (exact) mass is 225 g/mol. The first kappa shape index (κ1) is 10.8. The van der Waals surface area contributed by atoms with Gasteiger partial charge in [0.15, 0.2) is 0 Å². The van der Waals surface area contributed by atoms with E-state index in [2.05, 4.69) is 5.32 Å². The zero-order valence-corrected chi connectivity index (χ0v) is 9.68. The van der Waals surface area contributed by atoms with Crippen molar-refractivity contribution in [2.75, 3.05) is 13.2 Å². The van der Waals surface area contributed by atoms with Crippen LogP contribution in [0.2, 0.25) is 5.02 Å². The number of halogens is 1. The summed E-state index contributed by atoms with van der Waals surface area (Å²) in [6, 6.07) is 6.34. The molecular formula is C12H16ClNO. The summed E-state index contributed by atoms with van der Waals surface area (Å²) in [5.74, 6) is 0.797. The van der Waals surface area contributed by atoms with Gasteiger partial charge in [-0.25, -0.2) is 0 Å². The fourth-order valence-electron chi connectivity index (χ4n) is 1.81. The lowest BCUT2D eigenvalue weighted by Gasteiger charge is -2.13. The third kappa shape index (κ3) is 2.86. The molecule has 1 saturated heterocycles. The summed E-state index contributed by atoms with van der Waals surface area (Å²) in [5, 5.41) is 4.09. The quantitative estimate of drug-likeness (QED) is 0.854. The molecule has 1 aliphatic heterocycles. The van der Waals surface area contributed by atoms with Gasteiger partial charge in [0.2, 0.25) is 0 Å². The van der Waals surface area contributed by atoms with Crippen molar-refractivity contribution in [1.82, 2.24) is 5.32 Å². The van der Waals surface area contributed by atoms with Crippen LogP contribution in [-0.4, -0.2) is 19.2 Å². The molecule has 1 fully saturated rings. The molecule has 1 N–H and O–H groups in total. The summed E-state index contributed by atoms with van der Waals surface area (Å²) < 4.78 is 5.71. The summed E-state index contributed by atoms with van der Waals surface area (Å²) in [5.41, 5.74) is 1.17. The van der Waals surface area contributed by atoms with Gasteiger partial charge in [0.05, 0.1) is 5.02 Å². The molecule has 82 valence electrons. The zero-order valence-electron chi connectivity index (χ0n) is 8.92. The van der Waals surface area contributed by atoms with Gasteiger partial charge in [0, 0.05) is 6.04 Å². The number of hydrogen-bond donors (Lipinski definition) is 1. The Hall–Kier alpha value is -0.730. The maximum absolute atomic E-state index is 6.04. The lowest BCUT2D eigenvalue weighted by atomic mass is 10.2. The van der Waals surface area contributed by atoms with E-state index >= 15 is 0 Å². The van der Waals surface area contributed by atoms with E-state index in [4.69, 9.17) is 16.3 Å². The van der Waals surface area contributed by atoms with E-state index in [0.29, 0.717) is 17.7 Å². The van der Waals surface area contributed by atoms with Crippen LogP contribution in [0.3, 0.4) is 0 Å². The van der Waals surface area contributed by atoms with Crippen LogP contribution in [-0.2, 0) is 0 Å². The molecule has 0 bridgehead atoms. The predicted molar refractivity (Wildman–Crippen MR) is 62.7 cm³/mol. The molecule has 1 aromatic rings. The lowest BCUT2D eigenvalue weighted by Crippen LogP contribution is -2.28. The van der Waals surface area contributed by atoms with Crippen LogP contribution in [0.15, 0.2) is 18.2 Å². The number of ether oxygens (including phenoxy) is 1. The summed E-state index contributed by atoms with van der Waals surface area (Å²) in [6.45, 7) is 3.86. The standard InChI is InChI=1S/C12H16ClNO/c1-9-4-5-11(13)12(7-9)15-8-10-3-2-6-14-10/h4-5,7,10,14H,2-3,6,8H2,1H3. The van der Waals surface area contributed by atoms with Crippen molar-refractivity contribution in [2.24, 2.45) is 0 Å². The van der Waals surface area contributed by atoms with E-state index in [-0.39, 0.29) is 0 Å². The number of aryl methyl sites for hydroxylation is 1. The van der Waals surface area contributed by atoms with Gasteiger partial charge in [-0.3, -0.25) is 0 Å². The van der Waals surface area contributed by atoms with Gasteiger partial charge in [-0.15, -0.1) is 0 Å². The number of benzene rings is 1. The molecule has 0 aromatic heterocycles. The molecule has 1 unspecified atom stereocenters. The minimum Gasteiger partial charge on any atom is -0.490 e. The van der Waals surface area contributed by atoms with E-state index in [1.54, 1.807) is 0 Å². The Morgan fingerprint density at radius 1 is 1.53 bits per heavy atom. The average Bonchev–Trinajstić information content (AvgIpc) is 2.72. The van der Waals surface area contributed by atoms with Crippen molar-refractivity contribution in [1.29, 1.82) is 0 Å². The summed E-state index contributed by atoms with van der Waals surface area (Å²) in [4.78, 5) is 0. The second-order valence-electron chi connectivity index (χ2n) is 4.04. The van der Waals surface area contributed by atoms with E-state index in [1.165, 1.54) is 18.4 Å². The first-order valence-corrected chi connectivity index (χ1v) is 5.76. The summed E-state index contributed by atoms with van der Waals surface area (Å²) >= 11 is 6.04. The van der Waals surface area contributed by atoms with Crippen molar-refractivity contribution in [3.8, 4) is 5.75 Å². The molecule has 2 nitrogen and oxygen atoms in total. The number of rotatable bonds is 3. The Morgan fingerprint density at radius 2 is 2.40 bits per heavy atom. The third-order valence-electron chi connectivity index (χ3n) is 2.69. The Morgan fingerprint density at radius 3 is 3.13 bits per heavy atom. The molecule has 1 heterocycles. The number of hydrogen-bond acceptors (Lipinski definition) is 2. The van der Waals surface area contributed by atoms with Crippen LogP contribution in [0, 0.1) is 6.92 Å². The van der Waals surface area contributed by atoms with Crippen LogP contribution in [0.25, 0.3) is 0 Å². The minimum atomic E-state index is 0.488. The largest absolute Gasteiger partial charge is 0.490 e. The Bertz CT molecular complexity index is 334. The second-order valence-corrected chi connectivity index (χ2v) is 4.45. The molecule has 0 saturated carbocycles. The molecule has 0 amide bonds. The van der Waals surface area contributed by atoms with Gasteiger partial charge in [-0.05, 0) is 44.0 Å². The molecule has 15 heavy (non-hydrogen) atoms. The van der Waals surface area contributed by atoms with Gasteiger partial charge in [-0.1, -0.05) is 17.7 Å². The SMILES string of the molecule is Cc1ccc(Cl)c(OCC2CCCN2)c1. The van der Waals surface area contributed by atoms with Crippen LogP contribution >= 0.6 is 11.6 Å². The minimum absolute atomic E-state index is 0.488. The molecule has 1 atom stereocenters. The highest BCUT2D eigenvalue weighted by Crippen LogP contribution is 2.25. The fourth-order valence-corrected chi connectivity index (χ4v) is 1.98. The predicted octanol–water partition coefficient (Wildman–Crippen LogP) is 2.78. The highest BCUT2D eigenvalue weighted by atomic mass is 35.5. The van der Waals surface area contributed by atoms with Crippen molar-refractivity contribution in [2.45, 2.75) is 25.8 Å². The van der Waals surface area contributed by atoms with Crippen LogP contribution in [0.5, 0.6) is 5.75 Å². The van der Waals surface area contributed by atoms with Gasteiger partial charge in [0.25, 0.3) is 0 Å². The third-order valence-corrected chi connectivity index (χ3v) is 3.00. The normalized spacial score (nSPS) is 20.5. The van der Waals surface area contributed by atoms with Crippen molar-refractivity contribution < 1.29 is 4.74 Å². The molecular weight excluding hydrogens is 210 g/mol. The first-order chi connectivity index (χ1) is 7.25. The van der Waals surface area contributed by atoms with Crippen molar-refractivity contribution in [3.63, 3.8) is 0 Å². The van der Waals surface area contributed by atoms with Gasteiger partial charge in [-0.2, -0.15) is 0 Å². The highest BCUT2D eigenvalue weighted by Gasteiger charge is 2.14. The van der Waals surface area contributed by atoms with Crippen LogP contribution < -0.4 is 10.1 Å². The maximum Gasteiger partial charge on any atom is 0.138 e. The molecule has 1 aromatic carbocycles. The Kier molecular flexibility index (Phi) is 3.49. The second kappa shape index (κ2) is 4.86. The highest BCUT2D eigenvalue weighted by molar-refractivity contribution is 6.32. The average molecular weight is 226 g/mol. The maximum atomic E-state index is 6.04. The molecule has 0 radical (unpaired) electrons. The lowest BCUT2D eigenvalue weighted by molar-refractivity contribution is 0.277. The van der Waals surface area contributed by atoms with Crippen molar-refractivity contribution >= 4 is 11.6 Å². The summed E-state index contributed by atoms with van der Waals surface area (Å²) in [7, 11) is 0. The smallest absolute Gasteiger partial charge is 0.138 e. The summed E-state index contributed by atoms with van der Waals surface area (Å²) in [6.07, 6.45) is 2.44. The molecule has 0 spiro atoms. The first-order valence-electron chi connectivity index (χ1n) is 5.38. The van der Waals surface area contributed by atoms with E-state index in [0.717, 1.165) is 12.3 Å². The van der Waals surface area contributed by atoms with Gasteiger partial charge < -0.3 is 10.1 Å². The molecule has 1 aliphatic rings. The van der Waals surface area contributed by atoms with Gasteiger partial charge >= 0.3 is 0 Å². The van der Waals surface area contributed by atoms with E-state index in [9.17, 15) is 0 Å². The Labute approximate surface area is 95.6 Å². The van der Waals surface area contributed by atoms with Crippen molar-refractivity contribution in [3.05, 3.63) is 28.8 Å². The Balaban J connectivity index is 1.94. The molecule has 3 heteroatoms. The molecule has 2 rings (SSSR count). The van der Waals surface area contributed by atoms with E-state index < -0.39 is 0 Å². The van der Waals surface area contributed by atoms with E-state index in [1.807, 2.05) is 25.1 Å². The molecule has 0 aliphatic carbocycles.